The van der Waals surface area contributed by atoms with Gasteiger partial charge < -0.3 is 5.32 Å². The lowest BCUT2D eigenvalue weighted by atomic mass is 9.99. The van der Waals surface area contributed by atoms with Crippen molar-refractivity contribution in [3.63, 3.8) is 0 Å². The third kappa shape index (κ3) is 5.20. The number of aryl methyl sites for hydroxylation is 1. The van der Waals surface area contributed by atoms with Crippen LogP contribution in [0.25, 0.3) is 17.1 Å². The Morgan fingerprint density at radius 2 is 1.49 bits per heavy atom. The van der Waals surface area contributed by atoms with Crippen LogP contribution in [-0.2, 0) is 6.42 Å². The van der Waals surface area contributed by atoms with Crippen molar-refractivity contribution in [3.8, 4) is 17.1 Å². The molecule has 0 fully saturated rings. The van der Waals surface area contributed by atoms with Gasteiger partial charge in [-0.25, -0.2) is 9.67 Å². The SMILES string of the molecule is Cc1cccc(-n2nc(C(=O)N[C@@H](Cc3ccccc3)c3ccccc3)nc2-c2ccccc2)c1. The summed E-state index contributed by atoms with van der Waals surface area (Å²) < 4.78 is 1.74. The van der Waals surface area contributed by atoms with Crippen molar-refractivity contribution in [2.24, 2.45) is 0 Å². The van der Waals surface area contributed by atoms with Gasteiger partial charge in [0.1, 0.15) is 0 Å². The summed E-state index contributed by atoms with van der Waals surface area (Å²) in [7, 11) is 0. The molecule has 0 unspecified atom stereocenters. The molecule has 5 nitrogen and oxygen atoms in total. The average molecular weight is 459 g/mol. The molecule has 5 heteroatoms. The van der Waals surface area contributed by atoms with Gasteiger partial charge in [-0.3, -0.25) is 4.79 Å². The van der Waals surface area contributed by atoms with Crippen LogP contribution >= 0.6 is 0 Å². The third-order valence-corrected chi connectivity index (χ3v) is 5.88. The Balaban J connectivity index is 1.50. The van der Waals surface area contributed by atoms with Gasteiger partial charge in [0, 0.05) is 5.56 Å². The Kier molecular flexibility index (Phi) is 6.48. The molecule has 0 saturated heterocycles. The minimum Gasteiger partial charge on any atom is -0.342 e. The highest BCUT2D eigenvalue weighted by atomic mass is 16.2. The minimum absolute atomic E-state index is 0.138. The summed E-state index contributed by atoms with van der Waals surface area (Å²) >= 11 is 0. The first kappa shape index (κ1) is 22.3. The lowest BCUT2D eigenvalue weighted by molar-refractivity contribution is 0.0926. The summed E-state index contributed by atoms with van der Waals surface area (Å²) in [5.74, 6) is 0.457. The molecule has 5 aromatic rings. The van der Waals surface area contributed by atoms with Gasteiger partial charge in [0.05, 0.1) is 11.7 Å². The molecule has 1 atom stereocenters. The van der Waals surface area contributed by atoms with Crippen molar-refractivity contribution in [1.82, 2.24) is 20.1 Å². The maximum absolute atomic E-state index is 13.5. The summed E-state index contributed by atoms with van der Waals surface area (Å²) in [6.45, 7) is 2.03. The largest absolute Gasteiger partial charge is 0.342 e. The Morgan fingerprint density at radius 3 is 2.17 bits per heavy atom. The van der Waals surface area contributed by atoms with E-state index in [2.05, 4.69) is 27.5 Å². The molecule has 5 rings (SSSR count). The number of rotatable bonds is 7. The second kappa shape index (κ2) is 10.2. The van der Waals surface area contributed by atoms with Crippen LogP contribution in [0.3, 0.4) is 0 Å². The van der Waals surface area contributed by atoms with E-state index in [4.69, 9.17) is 0 Å². The van der Waals surface area contributed by atoms with Crippen LogP contribution in [0.4, 0.5) is 0 Å². The molecule has 1 amide bonds. The lowest BCUT2D eigenvalue weighted by Crippen LogP contribution is -2.31. The Morgan fingerprint density at radius 1 is 0.829 bits per heavy atom. The average Bonchev–Trinajstić information content (AvgIpc) is 3.36. The number of benzene rings is 4. The van der Waals surface area contributed by atoms with Crippen LogP contribution in [0.15, 0.2) is 115 Å². The summed E-state index contributed by atoms with van der Waals surface area (Å²) in [4.78, 5) is 18.1. The Hall–Kier alpha value is -4.51. The van der Waals surface area contributed by atoms with Gasteiger partial charge >= 0.3 is 0 Å². The van der Waals surface area contributed by atoms with Gasteiger partial charge in [0.15, 0.2) is 5.82 Å². The smallest absolute Gasteiger partial charge is 0.291 e. The van der Waals surface area contributed by atoms with Crippen LogP contribution in [0.1, 0.15) is 33.4 Å². The van der Waals surface area contributed by atoms with Crippen LogP contribution in [0.5, 0.6) is 0 Å². The van der Waals surface area contributed by atoms with Gasteiger partial charge in [-0.2, -0.15) is 0 Å². The van der Waals surface area contributed by atoms with Crippen molar-refractivity contribution >= 4 is 5.91 Å². The number of carbonyl (C=O) groups excluding carboxylic acids is 1. The van der Waals surface area contributed by atoms with Crippen molar-refractivity contribution in [3.05, 3.63) is 138 Å². The molecule has 172 valence electrons. The quantitative estimate of drug-likeness (QED) is 0.328. The highest BCUT2D eigenvalue weighted by molar-refractivity contribution is 5.91. The first-order valence-corrected chi connectivity index (χ1v) is 11.7. The zero-order chi connectivity index (χ0) is 24.0. The van der Waals surface area contributed by atoms with Crippen LogP contribution in [-0.4, -0.2) is 20.7 Å². The van der Waals surface area contributed by atoms with Crippen molar-refractivity contribution < 1.29 is 4.79 Å². The van der Waals surface area contributed by atoms with E-state index in [1.807, 2.05) is 110 Å². The fraction of sp³-hybridized carbons (Fsp3) is 0.100. The number of hydrogen-bond acceptors (Lipinski definition) is 3. The number of carbonyl (C=O) groups is 1. The molecule has 0 aliphatic heterocycles. The van der Waals surface area contributed by atoms with E-state index in [9.17, 15) is 4.79 Å². The molecule has 1 aromatic heterocycles. The number of nitrogens with zero attached hydrogens (tertiary/aromatic N) is 3. The number of amides is 1. The van der Waals surface area contributed by atoms with Gasteiger partial charge in [0.25, 0.3) is 5.91 Å². The molecule has 0 saturated carbocycles. The van der Waals surface area contributed by atoms with Crippen LogP contribution in [0.2, 0.25) is 0 Å². The monoisotopic (exact) mass is 458 g/mol. The van der Waals surface area contributed by atoms with Crippen LogP contribution in [0, 0.1) is 6.92 Å². The van der Waals surface area contributed by atoms with E-state index < -0.39 is 0 Å². The van der Waals surface area contributed by atoms with Gasteiger partial charge in [-0.05, 0) is 42.2 Å². The highest BCUT2D eigenvalue weighted by Crippen LogP contribution is 2.23. The van der Waals surface area contributed by atoms with Gasteiger partial charge in [-0.15, -0.1) is 5.10 Å². The molecule has 0 bridgehead atoms. The highest BCUT2D eigenvalue weighted by Gasteiger charge is 2.22. The topological polar surface area (TPSA) is 59.8 Å². The second-order valence-electron chi connectivity index (χ2n) is 8.50. The van der Waals surface area contributed by atoms with E-state index in [0.29, 0.717) is 12.2 Å². The lowest BCUT2D eigenvalue weighted by Gasteiger charge is -2.18. The maximum Gasteiger partial charge on any atom is 0.291 e. The molecule has 1 N–H and O–H groups in total. The normalized spacial score (nSPS) is 11.7. The van der Waals surface area contributed by atoms with E-state index in [-0.39, 0.29) is 17.8 Å². The predicted octanol–water partition coefficient (Wildman–Crippen LogP) is 5.96. The van der Waals surface area contributed by atoms with E-state index in [0.717, 1.165) is 27.9 Å². The summed E-state index contributed by atoms with van der Waals surface area (Å²) in [5, 5.41) is 7.82. The zero-order valence-corrected chi connectivity index (χ0v) is 19.5. The molecule has 0 aliphatic rings. The van der Waals surface area contributed by atoms with Gasteiger partial charge in [-0.1, -0.05) is 103 Å². The maximum atomic E-state index is 13.5. The molecule has 0 aliphatic carbocycles. The minimum atomic E-state index is -0.307. The molecular weight excluding hydrogens is 432 g/mol. The third-order valence-electron chi connectivity index (χ3n) is 5.88. The van der Waals surface area contributed by atoms with Crippen molar-refractivity contribution in [2.45, 2.75) is 19.4 Å². The standard InChI is InChI=1S/C30H26N4O/c1-22-12-11-19-26(20-22)34-29(25-17-9-4-10-18-25)32-28(33-34)30(35)31-27(24-15-7-3-8-16-24)21-23-13-5-2-6-14-23/h2-20,27H,21H2,1H3,(H,31,35)/t27-/m0/s1. The van der Waals surface area contributed by atoms with Crippen molar-refractivity contribution in [1.29, 1.82) is 0 Å². The fourth-order valence-corrected chi connectivity index (χ4v) is 4.13. The number of aromatic nitrogens is 3. The van der Waals surface area contributed by atoms with Crippen LogP contribution < -0.4 is 5.32 Å². The summed E-state index contributed by atoms with van der Waals surface area (Å²) in [6.07, 6.45) is 0.667. The van der Waals surface area contributed by atoms with E-state index in [1.165, 1.54) is 0 Å². The first-order chi connectivity index (χ1) is 17.2. The molecule has 35 heavy (non-hydrogen) atoms. The number of hydrogen-bond donors (Lipinski definition) is 1. The summed E-state index contributed by atoms with van der Waals surface area (Å²) in [5.41, 5.74) is 5.04. The molecule has 1 heterocycles. The summed E-state index contributed by atoms with van der Waals surface area (Å²) in [6, 6.07) is 37.8. The molecule has 4 aromatic carbocycles. The van der Waals surface area contributed by atoms with E-state index >= 15 is 0 Å². The van der Waals surface area contributed by atoms with E-state index in [1.54, 1.807) is 4.68 Å². The zero-order valence-electron chi connectivity index (χ0n) is 19.5. The Bertz CT molecular complexity index is 1410. The van der Waals surface area contributed by atoms with Gasteiger partial charge in [0.2, 0.25) is 5.82 Å². The molecular formula is C30H26N4O. The number of nitrogens with one attached hydrogen (secondary N) is 1. The first-order valence-electron chi connectivity index (χ1n) is 11.7. The molecule has 0 radical (unpaired) electrons. The molecule has 0 spiro atoms. The van der Waals surface area contributed by atoms with Crippen molar-refractivity contribution in [2.75, 3.05) is 0 Å². The predicted molar refractivity (Wildman–Crippen MR) is 138 cm³/mol. The fourth-order valence-electron chi connectivity index (χ4n) is 4.13. The second-order valence-corrected chi connectivity index (χ2v) is 8.50. The Labute approximate surface area is 205 Å².